The fourth-order valence-corrected chi connectivity index (χ4v) is 3.90. The van der Waals surface area contributed by atoms with Crippen molar-refractivity contribution >= 4 is 5.97 Å². The highest BCUT2D eigenvalue weighted by molar-refractivity contribution is 5.97. The zero-order chi connectivity index (χ0) is 22.4. The minimum absolute atomic E-state index is 0.392. The molecule has 0 saturated heterocycles. The third-order valence-electron chi connectivity index (χ3n) is 5.25. The molecule has 158 valence electrons. The van der Waals surface area contributed by atoms with Crippen molar-refractivity contribution < 1.29 is 52.3 Å². The summed E-state index contributed by atoms with van der Waals surface area (Å²) in [7, 11) is 0. The molecule has 0 radical (unpaired) electrons. The van der Waals surface area contributed by atoms with Gasteiger partial charge in [0.25, 0.3) is 0 Å². The summed E-state index contributed by atoms with van der Waals surface area (Å²) < 4.78 is 68.1. The van der Waals surface area contributed by atoms with Gasteiger partial charge in [0, 0.05) is 0 Å². The molecule has 31 heavy (non-hydrogen) atoms. The second-order valence-corrected chi connectivity index (χ2v) is 6.80. The molecule has 1 spiro atoms. The highest BCUT2D eigenvalue weighted by Gasteiger charge is 2.59. The third-order valence-corrected chi connectivity index (χ3v) is 5.25. The number of rotatable bonds is 0. The van der Waals surface area contributed by atoms with E-state index in [2.05, 4.69) is 0 Å². The van der Waals surface area contributed by atoms with E-state index in [0.29, 0.717) is 0 Å². The second kappa shape index (κ2) is 5.72. The van der Waals surface area contributed by atoms with Gasteiger partial charge in [0.05, 0.1) is 16.7 Å². The molecule has 2 aliphatic rings. The zero-order valence-corrected chi connectivity index (χ0v) is 14.8. The van der Waals surface area contributed by atoms with Crippen molar-refractivity contribution in [1.29, 1.82) is 0 Å². The van der Waals surface area contributed by atoms with Gasteiger partial charge in [0.15, 0.2) is 51.9 Å². The van der Waals surface area contributed by atoms with Gasteiger partial charge in [0.2, 0.25) is 11.5 Å². The molecule has 2 aliphatic heterocycles. The fourth-order valence-electron chi connectivity index (χ4n) is 3.90. The molecule has 5 rings (SSSR count). The molecule has 0 aliphatic carbocycles. The molecule has 0 bridgehead atoms. The van der Waals surface area contributed by atoms with Gasteiger partial charge >= 0.3 is 5.97 Å². The number of phenolic OH excluding ortho intramolecular Hbond substituents is 4. The molecular weight excluding hydrogens is 428 g/mol. The number of aromatic hydroxyl groups is 4. The van der Waals surface area contributed by atoms with Crippen LogP contribution in [-0.4, -0.2) is 26.4 Å². The van der Waals surface area contributed by atoms with Gasteiger partial charge in [-0.25, -0.2) is 22.4 Å². The quantitative estimate of drug-likeness (QED) is 0.140. The minimum atomic E-state index is -2.56. The first kappa shape index (κ1) is 18.9. The van der Waals surface area contributed by atoms with Crippen LogP contribution in [0.5, 0.6) is 34.5 Å². The van der Waals surface area contributed by atoms with Crippen LogP contribution in [0.15, 0.2) is 24.3 Å². The molecule has 0 aromatic heterocycles. The van der Waals surface area contributed by atoms with Crippen LogP contribution >= 0.6 is 0 Å². The van der Waals surface area contributed by atoms with Crippen LogP contribution in [0.4, 0.5) is 17.6 Å². The zero-order valence-electron chi connectivity index (χ0n) is 14.8. The molecular formula is C20H8F4O7. The average molecular weight is 436 g/mol. The summed E-state index contributed by atoms with van der Waals surface area (Å²) in [5, 5.41) is 40.1. The fraction of sp³-hybridized carbons (Fsp3) is 0.0500. The van der Waals surface area contributed by atoms with Gasteiger partial charge in [-0.15, -0.1) is 0 Å². The van der Waals surface area contributed by atoms with E-state index in [4.69, 9.17) is 9.47 Å². The van der Waals surface area contributed by atoms with Crippen LogP contribution in [0.3, 0.4) is 0 Å². The van der Waals surface area contributed by atoms with Crippen molar-refractivity contribution in [1.82, 2.24) is 0 Å². The normalized spacial score (nSPS) is 15.2. The van der Waals surface area contributed by atoms with Crippen molar-refractivity contribution in [2.75, 3.05) is 0 Å². The molecule has 2 heterocycles. The Morgan fingerprint density at radius 2 is 1.19 bits per heavy atom. The Balaban J connectivity index is 2.02. The Labute approximate surface area is 168 Å². The summed E-state index contributed by atoms with van der Waals surface area (Å²) in [6.45, 7) is 0. The van der Waals surface area contributed by atoms with Gasteiger partial charge in [-0.3, -0.25) is 0 Å². The molecule has 0 atom stereocenters. The largest absolute Gasteiger partial charge is 0.504 e. The van der Waals surface area contributed by atoms with Crippen LogP contribution in [0.1, 0.15) is 27.0 Å². The lowest BCUT2D eigenvalue weighted by molar-refractivity contribution is 0.0211. The van der Waals surface area contributed by atoms with E-state index in [1.54, 1.807) is 0 Å². The maximum atomic E-state index is 15.0. The number of hydrogen-bond donors (Lipinski definition) is 4. The Morgan fingerprint density at radius 3 is 1.71 bits per heavy atom. The molecule has 7 nitrogen and oxygen atoms in total. The second-order valence-electron chi connectivity index (χ2n) is 6.80. The number of esters is 1. The van der Waals surface area contributed by atoms with E-state index < -0.39 is 91.6 Å². The molecule has 0 unspecified atom stereocenters. The summed E-state index contributed by atoms with van der Waals surface area (Å²) in [5.41, 5.74) is -5.66. The summed E-state index contributed by atoms with van der Waals surface area (Å²) in [5.74, 6) is -14.7. The van der Waals surface area contributed by atoms with E-state index in [1.165, 1.54) is 0 Å². The van der Waals surface area contributed by atoms with E-state index in [-0.39, 0.29) is 0 Å². The van der Waals surface area contributed by atoms with Crippen molar-refractivity contribution in [2.24, 2.45) is 0 Å². The third kappa shape index (κ3) is 2.04. The highest BCUT2D eigenvalue weighted by Crippen LogP contribution is 2.62. The molecule has 4 N–H and O–H groups in total. The van der Waals surface area contributed by atoms with Crippen molar-refractivity contribution in [2.45, 2.75) is 5.60 Å². The van der Waals surface area contributed by atoms with Crippen LogP contribution in [-0.2, 0) is 10.3 Å². The van der Waals surface area contributed by atoms with Crippen molar-refractivity contribution in [3.05, 3.63) is 69.8 Å². The molecule has 3 aromatic rings. The van der Waals surface area contributed by atoms with Crippen LogP contribution < -0.4 is 4.74 Å². The van der Waals surface area contributed by atoms with Crippen molar-refractivity contribution in [3.63, 3.8) is 0 Å². The average Bonchev–Trinajstić information content (AvgIpc) is 3.04. The van der Waals surface area contributed by atoms with Gasteiger partial charge in [-0.2, -0.15) is 0 Å². The van der Waals surface area contributed by atoms with Gasteiger partial charge in [-0.05, 0) is 24.3 Å². The first-order valence-electron chi connectivity index (χ1n) is 8.49. The smallest absolute Gasteiger partial charge is 0.343 e. The van der Waals surface area contributed by atoms with E-state index in [1.807, 2.05) is 0 Å². The number of halogens is 4. The maximum absolute atomic E-state index is 15.0. The topological polar surface area (TPSA) is 116 Å². The predicted molar refractivity (Wildman–Crippen MR) is 91.2 cm³/mol. The number of ether oxygens (including phenoxy) is 2. The lowest BCUT2D eigenvalue weighted by atomic mass is 9.77. The summed E-state index contributed by atoms with van der Waals surface area (Å²) in [6, 6.07) is 3.84. The Hall–Kier alpha value is -4.15. The number of fused-ring (bicyclic) bond motifs is 6. The molecule has 11 heteroatoms. The van der Waals surface area contributed by atoms with Crippen LogP contribution in [0.25, 0.3) is 0 Å². The number of carbonyl (C=O) groups is 1. The first-order valence-corrected chi connectivity index (χ1v) is 8.49. The lowest BCUT2D eigenvalue weighted by Gasteiger charge is -2.36. The summed E-state index contributed by atoms with van der Waals surface area (Å²) in [4.78, 5) is 12.5. The number of phenols is 4. The van der Waals surface area contributed by atoms with Gasteiger partial charge in [-0.1, -0.05) is 0 Å². The van der Waals surface area contributed by atoms with E-state index >= 15 is 4.39 Å². The Kier molecular flexibility index (Phi) is 3.48. The summed E-state index contributed by atoms with van der Waals surface area (Å²) in [6.07, 6.45) is 0. The number of benzene rings is 3. The van der Waals surface area contributed by atoms with Crippen LogP contribution in [0, 0.1) is 23.3 Å². The lowest BCUT2D eigenvalue weighted by Crippen LogP contribution is -2.34. The Morgan fingerprint density at radius 1 is 0.710 bits per heavy atom. The van der Waals surface area contributed by atoms with Gasteiger partial charge < -0.3 is 29.9 Å². The van der Waals surface area contributed by atoms with Gasteiger partial charge in [0.1, 0.15) is 5.56 Å². The number of hydrogen-bond acceptors (Lipinski definition) is 7. The molecule has 0 amide bonds. The minimum Gasteiger partial charge on any atom is -0.504 e. The number of carbonyl (C=O) groups excluding carboxylic acids is 1. The van der Waals surface area contributed by atoms with E-state index in [0.717, 1.165) is 24.3 Å². The Bertz CT molecular complexity index is 1300. The summed E-state index contributed by atoms with van der Waals surface area (Å²) >= 11 is 0. The highest BCUT2D eigenvalue weighted by atomic mass is 19.2. The first-order chi connectivity index (χ1) is 14.6. The SMILES string of the molecule is O=C1OC2(c3ccc(O)c(O)c3Oc3c2ccc(O)c3O)c2c(F)c(F)c(F)c(F)c21. The molecule has 3 aromatic carbocycles. The van der Waals surface area contributed by atoms with E-state index in [9.17, 15) is 38.4 Å². The molecule has 0 fully saturated rings. The molecule has 0 saturated carbocycles. The predicted octanol–water partition coefficient (Wildman–Crippen LogP) is 3.63. The van der Waals surface area contributed by atoms with Crippen LogP contribution in [0.2, 0.25) is 0 Å². The maximum Gasteiger partial charge on any atom is 0.343 e. The monoisotopic (exact) mass is 436 g/mol. The standard InChI is InChI=1S/C20H8F4O7/c21-11-9-10(12(22)14(24)13(11)23)20(31-19(9)29)5-1-3-7(25)15(27)17(5)30-18-6(20)2-4-8(26)16(18)28/h1-4,25-28H. The van der Waals surface area contributed by atoms with Crippen molar-refractivity contribution in [3.8, 4) is 34.5 Å².